The van der Waals surface area contributed by atoms with E-state index in [1.54, 1.807) is 4.57 Å². The van der Waals surface area contributed by atoms with E-state index in [0.717, 1.165) is 18.4 Å². The van der Waals surface area contributed by atoms with Crippen LogP contribution in [-0.2, 0) is 5.75 Å². The zero-order chi connectivity index (χ0) is 13.4. The minimum absolute atomic E-state index is 0.143. The summed E-state index contributed by atoms with van der Waals surface area (Å²) in [4.78, 5) is 11.6. The Morgan fingerprint density at radius 3 is 2.68 bits per heavy atom. The Morgan fingerprint density at radius 1 is 1.37 bits per heavy atom. The predicted molar refractivity (Wildman–Crippen MR) is 77.1 cm³/mol. The molecule has 1 aromatic heterocycles. The molecule has 100 valence electrons. The van der Waals surface area contributed by atoms with Gasteiger partial charge in [0.2, 0.25) is 0 Å². The summed E-state index contributed by atoms with van der Waals surface area (Å²) in [6, 6.07) is 5.73. The van der Waals surface area contributed by atoms with Crippen LogP contribution in [0.1, 0.15) is 24.4 Å². The molecule has 0 unspecified atom stereocenters. The minimum Gasteiger partial charge on any atom is -0.267 e. The Kier molecular flexibility index (Phi) is 3.60. The molecule has 1 N–H and O–H groups in total. The zero-order valence-electron chi connectivity index (χ0n) is 9.90. The van der Waals surface area contributed by atoms with E-state index < -0.39 is 0 Å². The van der Waals surface area contributed by atoms with Crippen molar-refractivity contribution >= 4 is 35.0 Å². The molecule has 0 bridgehead atoms. The van der Waals surface area contributed by atoms with Gasteiger partial charge in [0.1, 0.15) is 0 Å². The summed E-state index contributed by atoms with van der Waals surface area (Å²) in [5.74, 6) is 0.593. The number of H-pyrrole nitrogens is 1. The average Bonchev–Trinajstić information content (AvgIpc) is 3.14. The second-order valence-corrected chi connectivity index (χ2v) is 6.16. The number of benzene rings is 1. The van der Waals surface area contributed by atoms with Gasteiger partial charge in [0, 0.05) is 21.8 Å². The Hall–Kier alpha value is -0.910. The smallest absolute Gasteiger partial charge is 0.267 e. The van der Waals surface area contributed by atoms with E-state index in [9.17, 15) is 4.79 Å². The molecule has 0 radical (unpaired) electrons. The maximum Gasteiger partial charge on any atom is 0.344 e. The molecule has 7 heteroatoms. The summed E-state index contributed by atoms with van der Waals surface area (Å²) in [6.45, 7) is 0. The summed E-state index contributed by atoms with van der Waals surface area (Å²) in [6.07, 6.45) is 2.08. The molecular formula is C12H11Cl2N3OS. The highest BCUT2D eigenvalue weighted by molar-refractivity contribution is 7.98. The first-order valence-corrected chi connectivity index (χ1v) is 7.63. The monoisotopic (exact) mass is 315 g/mol. The number of nitrogens with zero attached hydrogens (tertiary/aromatic N) is 2. The number of hydrogen-bond acceptors (Lipinski definition) is 3. The number of hydrogen-bond donors (Lipinski definition) is 1. The molecule has 0 aliphatic heterocycles. The molecule has 3 rings (SSSR count). The van der Waals surface area contributed by atoms with Crippen molar-refractivity contribution in [2.45, 2.75) is 29.8 Å². The lowest BCUT2D eigenvalue weighted by Crippen LogP contribution is -2.16. The molecule has 1 saturated carbocycles. The first kappa shape index (κ1) is 13.1. The SMILES string of the molecule is O=c1[nH]nc(SCc2c(Cl)cccc2Cl)n1C1CC1. The fraction of sp³-hybridized carbons (Fsp3) is 0.333. The van der Waals surface area contributed by atoms with Crippen LogP contribution in [0.25, 0.3) is 0 Å². The molecule has 0 atom stereocenters. The van der Waals surface area contributed by atoms with E-state index in [-0.39, 0.29) is 5.69 Å². The highest BCUT2D eigenvalue weighted by Gasteiger charge is 2.28. The van der Waals surface area contributed by atoms with Gasteiger partial charge < -0.3 is 0 Å². The van der Waals surface area contributed by atoms with Crippen molar-refractivity contribution in [2.24, 2.45) is 0 Å². The summed E-state index contributed by atoms with van der Waals surface area (Å²) in [7, 11) is 0. The Bertz CT molecular complexity index is 643. The number of aromatic nitrogens is 3. The summed E-state index contributed by atoms with van der Waals surface area (Å²) < 4.78 is 1.72. The molecular weight excluding hydrogens is 305 g/mol. The number of thioether (sulfide) groups is 1. The normalized spacial score (nSPS) is 14.8. The minimum atomic E-state index is -0.143. The number of rotatable bonds is 4. The van der Waals surface area contributed by atoms with E-state index in [0.29, 0.717) is 27.0 Å². The number of nitrogens with one attached hydrogen (secondary N) is 1. The zero-order valence-corrected chi connectivity index (χ0v) is 12.2. The second-order valence-electron chi connectivity index (χ2n) is 4.40. The molecule has 1 aliphatic rings. The van der Waals surface area contributed by atoms with Crippen molar-refractivity contribution < 1.29 is 0 Å². The van der Waals surface area contributed by atoms with Gasteiger partial charge in [0.05, 0.1) is 0 Å². The van der Waals surface area contributed by atoms with Gasteiger partial charge in [-0.25, -0.2) is 9.89 Å². The third-order valence-corrected chi connectivity index (χ3v) is 4.68. The second kappa shape index (κ2) is 5.23. The topological polar surface area (TPSA) is 50.7 Å². The molecule has 1 fully saturated rings. The highest BCUT2D eigenvalue weighted by Crippen LogP contribution is 2.37. The van der Waals surface area contributed by atoms with Crippen LogP contribution >= 0.6 is 35.0 Å². The molecule has 19 heavy (non-hydrogen) atoms. The predicted octanol–water partition coefficient (Wildman–Crippen LogP) is 3.51. The van der Waals surface area contributed by atoms with Gasteiger partial charge in [-0.2, -0.15) is 0 Å². The van der Waals surface area contributed by atoms with Gasteiger partial charge >= 0.3 is 5.69 Å². The van der Waals surface area contributed by atoms with E-state index in [4.69, 9.17) is 23.2 Å². The summed E-state index contributed by atoms with van der Waals surface area (Å²) >= 11 is 13.7. The lowest BCUT2D eigenvalue weighted by Gasteiger charge is -2.06. The first-order chi connectivity index (χ1) is 9.16. The maximum absolute atomic E-state index is 11.6. The molecule has 1 aromatic carbocycles. The van der Waals surface area contributed by atoms with E-state index in [2.05, 4.69) is 10.2 Å². The van der Waals surface area contributed by atoms with Crippen LogP contribution in [0.2, 0.25) is 10.0 Å². The van der Waals surface area contributed by atoms with Crippen LogP contribution in [0.5, 0.6) is 0 Å². The van der Waals surface area contributed by atoms with Crippen LogP contribution < -0.4 is 5.69 Å². The van der Waals surface area contributed by atoms with Crippen molar-refractivity contribution in [3.05, 3.63) is 44.3 Å². The number of aromatic amines is 1. The largest absolute Gasteiger partial charge is 0.344 e. The maximum atomic E-state index is 11.6. The van der Waals surface area contributed by atoms with Crippen molar-refractivity contribution in [3.8, 4) is 0 Å². The van der Waals surface area contributed by atoms with E-state index in [1.807, 2.05) is 18.2 Å². The molecule has 1 aliphatic carbocycles. The van der Waals surface area contributed by atoms with Crippen molar-refractivity contribution in [2.75, 3.05) is 0 Å². The van der Waals surface area contributed by atoms with Crippen LogP contribution in [-0.4, -0.2) is 14.8 Å². The molecule has 1 heterocycles. The highest BCUT2D eigenvalue weighted by atomic mass is 35.5. The van der Waals surface area contributed by atoms with Crippen LogP contribution in [0.4, 0.5) is 0 Å². The first-order valence-electron chi connectivity index (χ1n) is 5.89. The van der Waals surface area contributed by atoms with E-state index >= 15 is 0 Å². The quantitative estimate of drug-likeness (QED) is 0.878. The number of halogens is 2. The van der Waals surface area contributed by atoms with Crippen LogP contribution in [0, 0.1) is 0 Å². The van der Waals surface area contributed by atoms with Crippen molar-refractivity contribution in [1.29, 1.82) is 0 Å². The third-order valence-electron chi connectivity index (χ3n) is 2.99. The van der Waals surface area contributed by atoms with Gasteiger partial charge in [-0.15, -0.1) is 5.10 Å². The summed E-state index contributed by atoms with van der Waals surface area (Å²) in [5.41, 5.74) is 0.726. The molecule has 0 saturated heterocycles. The van der Waals surface area contributed by atoms with Crippen LogP contribution in [0.3, 0.4) is 0 Å². The van der Waals surface area contributed by atoms with Gasteiger partial charge in [0.15, 0.2) is 5.16 Å². The fourth-order valence-corrected chi connectivity index (χ4v) is 3.61. The Morgan fingerprint density at radius 2 is 2.05 bits per heavy atom. The van der Waals surface area contributed by atoms with Crippen molar-refractivity contribution in [3.63, 3.8) is 0 Å². The Balaban J connectivity index is 1.81. The molecule has 4 nitrogen and oxygen atoms in total. The Labute approximate surface area is 124 Å². The van der Waals surface area contributed by atoms with Crippen LogP contribution in [0.15, 0.2) is 28.2 Å². The molecule has 0 amide bonds. The fourth-order valence-electron chi connectivity index (χ4n) is 1.85. The lowest BCUT2D eigenvalue weighted by molar-refractivity contribution is 0.642. The van der Waals surface area contributed by atoms with Crippen molar-refractivity contribution in [1.82, 2.24) is 14.8 Å². The summed E-state index contributed by atoms with van der Waals surface area (Å²) in [5, 5.41) is 8.52. The van der Waals surface area contributed by atoms with Gasteiger partial charge in [-0.1, -0.05) is 41.0 Å². The lowest BCUT2D eigenvalue weighted by atomic mass is 10.2. The molecule has 2 aromatic rings. The molecule has 0 spiro atoms. The third kappa shape index (κ3) is 2.68. The van der Waals surface area contributed by atoms with Gasteiger partial charge in [-0.3, -0.25) is 4.57 Å². The standard InChI is InChI=1S/C12H11Cl2N3OS/c13-9-2-1-3-10(14)8(9)6-19-12-16-15-11(18)17(12)7-4-5-7/h1-3,7H,4-6H2,(H,15,18). The van der Waals surface area contributed by atoms with Gasteiger partial charge in [0.25, 0.3) is 0 Å². The average molecular weight is 316 g/mol. The van der Waals surface area contributed by atoms with E-state index in [1.165, 1.54) is 11.8 Å². The van der Waals surface area contributed by atoms with Gasteiger partial charge in [-0.05, 0) is 30.5 Å².